The van der Waals surface area contributed by atoms with Crippen molar-refractivity contribution in [3.05, 3.63) is 0 Å². The maximum Gasteiger partial charge on any atom is 0.508 e. The van der Waals surface area contributed by atoms with Crippen LogP contribution in [0.3, 0.4) is 0 Å². The molecule has 21 heavy (non-hydrogen) atoms. The summed E-state index contributed by atoms with van der Waals surface area (Å²) in [5.74, 6) is 1.48. The molecule has 1 N–H and O–H groups in total. The summed E-state index contributed by atoms with van der Waals surface area (Å²) in [6.07, 6.45) is 2.01. The highest BCUT2D eigenvalue weighted by Gasteiger charge is 2.34. The fourth-order valence-corrected chi connectivity index (χ4v) is 3.10. The zero-order valence-corrected chi connectivity index (χ0v) is 13.0. The minimum Gasteiger partial charge on any atom is -0.446 e. The number of ether oxygens (including phenoxy) is 3. The molecule has 0 unspecified atom stereocenters. The normalized spacial score (nSPS) is 30.5. The van der Waals surface area contributed by atoms with E-state index in [9.17, 15) is 9.59 Å². The molecule has 120 valence electrons. The second-order valence-corrected chi connectivity index (χ2v) is 6.48. The molecule has 0 aromatic carbocycles. The van der Waals surface area contributed by atoms with Crippen LogP contribution in [-0.4, -0.2) is 37.6 Å². The molecule has 1 saturated carbocycles. The highest BCUT2D eigenvalue weighted by Crippen LogP contribution is 2.35. The van der Waals surface area contributed by atoms with Crippen molar-refractivity contribution in [2.75, 3.05) is 13.2 Å². The SMILES string of the molecule is CC(C)[C@H]1CC[C@H](C)C[C@@H]1OC(=O)NC1COC(=O)OC1. The van der Waals surface area contributed by atoms with Gasteiger partial charge in [0.05, 0.1) is 0 Å². The number of carbonyl (C=O) groups excluding carboxylic acids is 2. The molecule has 2 rings (SSSR count). The third-order valence-corrected chi connectivity index (χ3v) is 4.35. The molecular formula is C15H25NO5. The Morgan fingerprint density at radius 2 is 1.95 bits per heavy atom. The Morgan fingerprint density at radius 1 is 1.29 bits per heavy atom. The molecule has 1 saturated heterocycles. The van der Waals surface area contributed by atoms with Crippen molar-refractivity contribution in [1.82, 2.24) is 5.32 Å². The molecule has 0 aromatic rings. The Kier molecular flexibility index (Phi) is 5.31. The summed E-state index contributed by atoms with van der Waals surface area (Å²) >= 11 is 0. The molecule has 6 heteroatoms. The highest BCUT2D eigenvalue weighted by molar-refractivity contribution is 5.68. The van der Waals surface area contributed by atoms with Gasteiger partial charge in [-0.15, -0.1) is 0 Å². The minimum absolute atomic E-state index is 0.0409. The van der Waals surface area contributed by atoms with Crippen LogP contribution in [-0.2, 0) is 14.2 Å². The van der Waals surface area contributed by atoms with Gasteiger partial charge in [-0.25, -0.2) is 9.59 Å². The van der Waals surface area contributed by atoms with Gasteiger partial charge in [-0.3, -0.25) is 0 Å². The first kappa shape index (κ1) is 15.9. The molecule has 2 fully saturated rings. The average Bonchev–Trinajstić information content (AvgIpc) is 2.41. The number of hydrogen-bond donors (Lipinski definition) is 1. The van der Waals surface area contributed by atoms with Gasteiger partial charge >= 0.3 is 12.2 Å². The van der Waals surface area contributed by atoms with Crippen LogP contribution in [0, 0.1) is 17.8 Å². The zero-order chi connectivity index (χ0) is 15.4. The first-order chi connectivity index (χ1) is 9.95. The lowest BCUT2D eigenvalue weighted by Gasteiger charge is -2.37. The number of nitrogens with one attached hydrogen (secondary N) is 1. The number of hydrogen-bond acceptors (Lipinski definition) is 5. The van der Waals surface area contributed by atoms with Crippen LogP contribution in [0.5, 0.6) is 0 Å². The van der Waals surface area contributed by atoms with Crippen LogP contribution in [0.4, 0.5) is 9.59 Å². The second kappa shape index (κ2) is 7.00. The molecule has 2 aliphatic rings. The van der Waals surface area contributed by atoms with E-state index in [1.807, 2.05) is 0 Å². The van der Waals surface area contributed by atoms with Gasteiger partial charge in [0.1, 0.15) is 25.4 Å². The Morgan fingerprint density at radius 3 is 2.57 bits per heavy atom. The van der Waals surface area contributed by atoms with Gasteiger partial charge in [0.25, 0.3) is 0 Å². The molecule has 0 aromatic heterocycles. The van der Waals surface area contributed by atoms with Gasteiger partial charge in [-0.05, 0) is 30.6 Å². The monoisotopic (exact) mass is 299 g/mol. The summed E-state index contributed by atoms with van der Waals surface area (Å²) in [6, 6.07) is -0.339. The van der Waals surface area contributed by atoms with E-state index in [1.165, 1.54) is 6.42 Å². The summed E-state index contributed by atoms with van der Waals surface area (Å²) in [5.41, 5.74) is 0. The van der Waals surface area contributed by atoms with Crippen molar-refractivity contribution in [3.8, 4) is 0 Å². The number of cyclic esters (lactones) is 2. The van der Waals surface area contributed by atoms with Crippen molar-refractivity contribution in [3.63, 3.8) is 0 Å². The summed E-state index contributed by atoms with van der Waals surface area (Å²) in [6.45, 7) is 6.79. The van der Waals surface area contributed by atoms with E-state index in [2.05, 4.69) is 26.1 Å². The first-order valence-corrected chi connectivity index (χ1v) is 7.72. The maximum absolute atomic E-state index is 12.0. The third kappa shape index (κ3) is 4.51. The van der Waals surface area contributed by atoms with Crippen molar-refractivity contribution in [2.45, 2.75) is 52.2 Å². The van der Waals surface area contributed by atoms with E-state index in [0.29, 0.717) is 17.8 Å². The molecular weight excluding hydrogens is 274 g/mol. The van der Waals surface area contributed by atoms with E-state index in [0.717, 1.165) is 12.8 Å². The van der Waals surface area contributed by atoms with E-state index < -0.39 is 12.2 Å². The fraction of sp³-hybridized carbons (Fsp3) is 0.867. The number of amides is 1. The molecule has 1 aliphatic carbocycles. The molecule has 6 nitrogen and oxygen atoms in total. The standard InChI is InChI=1S/C15H25NO5/c1-9(2)12-5-4-10(3)6-13(12)21-14(17)16-11-7-19-15(18)20-8-11/h9-13H,4-8H2,1-3H3,(H,16,17)/t10-,12+,13-/m0/s1. The molecule has 1 aliphatic heterocycles. The van der Waals surface area contributed by atoms with Crippen molar-refractivity contribution < 1.29 is 23.8 Å². The summed E-state index contributed by atoms with van der Waals surface area (Å²) in [5, 5.41) is 2.70. The van der Waals surface area contributed by atoms with Gasteiger partial charge in [-0.2, -0.15) is 0 Å². The predicted octanol–water partition coefficient (Wildman–Crippen LogP) is 2.71. The topological polar surface area (TPSA) is 73.9 Å². The van der Waals surface area contributed by atoms with Crippen molar-refractivity contribution in [1.29, 1.82) is 0 Å². The van der Waals surface area contributed by atoms with Crippen molar-refractivity contribution in [2.24, 2.45) is 17.8 Å². The van der Waals surface area contributed by atoms with E-state index in [1.54, 1.807) is 0 Å². The fourth-order valence-electron chi connectivity index (χ4n) is 3.10. The third-order valence-electron chi connectivity index (χ3n) is 4.35. The summed E-state index contributed by atoms with van der Waals surface area (Å²) < 4.78 is 15.1. The van der Waals surface area contributed by atoms with Crippen LogP contribution in [0.15, 0.2) is 0 Å². The summed E-state index contributed by atoms with van der Waals surface area (Å²) in [7, 11) is 0. The largest absolute Gasteiger partial charge is 0.508 e. The lowest BCUT2D eigenvalue weighted by atomic mass is 9.75. The molecule has 0 radical (unpaired) electrons. The first-order valence-electron chi connectivity index (χ1n) is 7.72. The van der Waals surface area contributed by atoms with Gasteiger partial charge in [0.15, 0.2) is 0 Å². The Bertz CT molecular complexity index is 374. The minimum atomic E-state index is -0.692. The number of carbonyl (C=O) groups is 2. The molecule has 0 bridgehead atoms. The van der Waals surface area contributed by atoms with Gasteiger partial charge in [-0.1, -0.05) is 27.2 Å². The Labute approximate surface area is 125 Å². The quantitative estimate of drug-likeness (QED) is 0.811. The van der Waals surface area contributed by atoms with E-state index in [-0.39, 0.29) is 25.4 Å². The second-order valence-electron chi connectivity index (χ2n) is 6.48. The van der Waals surface area contributed by atoms with Gasteiger partial charge < -0.3 is 19.5 Å². The summed E-state index contributed by atoms with van der Waals surface area (Å²) in [4.78, 5) is 22.8. The predicted molar refractivity (Wildman–Crippen MR) is 75.8 cm³/mol. The molecule has 0 spiro atoms. The number of alkyl carbamates (subject to hydrolysis) is 1. The van der Waals surface area contributed by atoms with Crippen molar-refractivity contribution >= 4 is 12.2 Å². The van der Waals surface area contributed by atoms with Gasteiger partial charge in [0, 0.05) is 0 Å². The smallest absolute Gasteiger partial charge is 0.446 e. The van der Waals surface area contributed by atoms with Crippen LogP contribution in [0.25, 0.3) is 0 Å². The van der Waals surface area contributed by atoms with Crippen LogP contribution < -0.4 is 5.32 Å². The highest BCUT2D eigenvalue weighted by atomic mass is 16.7. The number of rotatable bonds is 3. The van der Waals surface area contributed by atoms with Gasteiger partial charge in [0.2, 0.25) is 0 Å². The van der Waals surface area contributed by atoms with Crippen LogP contribution in [0.1, 0.15) is 40.0 Å². The maximum atomic E-state index is 12.0. The molecule has 3 atom stereocenters. The molecule has 1 heterocycles. The average molecular weight is 299 g/mol. The van der Waals surface area contributed by atoms with Crippen LogP contribution in [0.2, 0.25) is 0 Å². The zero-order valence-electron chi connectivity index (χ0n) is 13.0. The lowest BCUT2D eigenvalue weighted by molar-refractivity contribution is -0.0143. The molecule has 1 amide bonds. The van der Waals surface area contributed by atoms with Crippen LogP contribution >= 0.6 is 0 Å². The Balaban J connectivity index is 1.83. The van der Waals surface area contributed by atoms with E-state index >= 15 is 0 Å². The van der Waals surface area contributed by atoms with E-state index in [4.69, 9.17) is 14.2 Å². The lowest BCUT2D eigenvalue weighted by Crippen LogP contribution is -2.47. The Hall–Kier alpha value is -1.46.